The summed E-state index contributed by atoms with van der Waals surface area (Å²) in [7, 11) is 3.88. The van der Waals surface area contributed by atoms with E-state index in [-0.39, 0.29) is 36.2 Å². The highest BCUT2D eigenvalue weighted by molar-refractivity contribution is 6.10. The van der Waals surface area contributed by atoms with E-state index < -0.39 is 17.6 Å². The fourth-order valence-corrected chi connectivity index (χ4v) is 6.59. The lowest BCUT2D eigenvalue weighted by atomic mass is 9.76. The molecule has 0 radical (unpaired) electrons. The Morgan fingerprint density at radius 2 is 1.94 bits per heavy atom. The van der Waals surface area contributed by atoms with Gasteiger partial charge in [-0.15, -0.1) is 11.5 Å². The van der Waals surface area contributed by atoms with Crippen molar-refractivity contribution in [1.82, 2.24) is 20.0 Å². The smallest absolute Gasteiger partial charge is 0.364 e. The molecule has 2 heterocycles. The second kappa shape index (κ2) is 17.3. The third-order valence-corrected chi connectivity index (χ3v) is 8.90. The Morgan fingerprint density at radius 1 is 1.20 bits per heavy atom. The first-order valence-corrected chi connectivity index (χ1v) is 16.5. The van der Waals surface area contributed by atoms with Crippen LogP contribution in [0.3, 0.4) is 0 Å². The number of hydrogen-bond acceptors (Lipinski definition) is 6. The quantitative estimate of drug-likeness (QED) is 0.109. The normalized spacial score (nSPS) is 20.6. The number of likely N-dealkylation sites (tertiary alicyclic amines) is 1. The summed E-state index contributed by atoms with van der Waals surface area (Å²) in [4.78, 5) is 32.6. The van der Waals surface area contributed by atoms with Crippen molar-refractivity contribution in [2.24, 2.45) is 22.0 Å². The third-order valence-electron chi connectivity index (χ3n) is 8.90. The number of carbonyl (C=O) groups excluding carboxylic acids is 2. The number of fused-ring (bicyclic) bond motifs is 1. The summed E-state index contributed by atoms with van der Waals surface area (Å²) in [6.07, 6.45) is 9.03. The van der Waals surface area contributed by atoms with Gasteiger partial charge in [0.25, 0.3) is 5.91 Å². The van der Waals surface area contributed by atoms with Gasteiger partial charge in [0.1, 0.15) is 6.34 Å². The molecule has 262 valence electrons. The summed E-state index contributed by atoms with van der Waals surface area (Å²) in [5.74, 6) is 3.67. The highest BCUT2D eigenvalue weighted by atomic mass is 19.4. The first kappa shape index (κ1) is 37.4. The predicted octanol–water partition coefficient (Wildman–Crippen LogP) is 5.29. The van der Waals surface area contributed by atoms with Gasteiger partial charge < -0.3 is 15.1 Å². The maximum atomic E-state index is 14.0. The molecule has 2 fully saturated rings. The van der Waals surface area contributed by atoms with Crippen molar-refractivity contribution in [3.63, 3.8) is 0 Å². The average Bonchev–Trinajstić information content (AvgIpc) is 3.62. The number of terminal acetylenes is 1. The van der Waals surface area contributed by atoms with Gasteiger partial charge in [-0.1, -0.05) is 37.1 Å². The Bertz CT molecular complexity index is 1550. The van der Waals surface area contributed by atoms with Crippen molar-refractivity contribution in [3.8, 4) is 12.3 Å². The highest BCUT2D eigenvalue weighted by Gasteiger charge is 2.40. The van der Waals surface area contributed by atoms with Gasteiger partial charge in [0.15, 0.2) is 0 Å². The number of amides is 2. The molecule has 1 N–H and O–H groups in total. The molecule has 1 saturated carbocycles. The standard InChI is InChI=1S/C28H29F3N4O2.C9H17N3/c1-3-12-33(2)13-7-10-26(36)32-21-11-14-34(18-21)17-20-15-23-24(25(16-20)28(29,30)31)19-35(27(23)37)22-8-5-4-6-9-22;1-8-4-9(5-8)6-12(3)7-11-10-2/h1,4-10,15-16,21H,11-14,17-19H2,2H3,(H,32,36);7-9H,2,4-6H2,1,3H3/b10-7+;11-7-. The van der Waals surface area contributed by atoms with E-state index >= 15 is 0 Å². The zero-order chi connectivity index (χ0) is 35.6. The minimum Gasteiger partial charge on any atom is -0.364 e. The summed E-state index contributed by atoms with van der Waals surface area (Å²) < 4.78 is 42.0. The monoisotopic (exact) mass is 677 g/mol. The molecule has 9 nitrogen and oxygen atoms in total. The number of hydrogen-bond donors (Lipinski definition) is 1. The zero-order valence-corrected chi connectivity index (χ0v) is 28.5. The van der Waals surface area contributed by atoms with Gasteiger partial charge in [-0.2, -0.15) is 18.3 Å². The number of anilines is 1. The number of nitrogens with zero attached hydrogens (tertiary/aromatic N) is 6. The number of benzene rings is 2. The van der Waals surface area contributed by atoms with Crippen LogP contribution in [0.1, 0.15) is 53.2 Å². The number of carbonyl (C=O) groups is 2. The molecule has 0 aromatic heterocycles. The third kappa shape index (κ3) is 10.8. The van der Waals surface area contributed by atoms with Crippen LogP contribution in [0.25, 0.3) is 0 Å². The molecule has 2 aliphatic heterocycles. The molecule has 1 aliphatic carbocycles. The summed E-state index contributed by atoms with van der Waals surface area (Å²) in [5.41, 5.74) is 0.329. The largest absolute Gasteiger partial charge is 0.416 e. The van der Waals surface area contributed by atoms with Gasteiger partial charge in [-0.25, -0.2) is 0 Å². The molecule has 0 bridgehead atoms. The molecule has 2 amide bonds. The molecule has 5 rings (SSSR count). The average molecular weight is 678 g/mol. The van der Waals surface area contributed by atoms with Gasteiger partial charge in [0.2, 0.25) is 5.91 Å². The summed E-state index contributed by atoms with van der Waals surface area (Å²) in [6, 6.07) is 11.3. The van der Waals surface area contributed by atoms with E-state index in [1.54, 1.807) is 48.8 Å². The van der Waals surface area contributed by atoms with Crippen molar-refractivity contribution in [1.29, 1.82) is 0 Å². The Labute approximate surface area is 287 Å². The second-order valence-corrected chi connectivity index (χ2v) is 13.2. The lowest BCUT2D eigenvalue weighted by Gasteiger charge is -2.34. The zero-order valence-electron chi connectivity index (χ0n) is 28.5. The van der Waals surface area contributed by atoms with Crippen molar-refractivity contribution < 1.29 is 22.8 Å². The Morgan fingerprint density at radius 3 is 2.59 bits per heavy atom. The molecule has 1 saturated heterocycles. The van der Waals surface area contributed by atoms with Gasteiger partial charge in [-0.3, -0.25) is 19.4 Å². The summed E-state index contributed by atoms with van der Waals surface area (Å²) >= 11 is 0. The van der Waals surface area contributed by atoms with Crippen molar-refractivity contribution in [2.45, 2.75) is 51.5 Å². The molecule has 49 heavy (non-hydrogen) atoms. The topological polar surface area (TPSA) is 83.8 Å². The summed E-state index contributed by atoms with van der Waals surface area (Å²) in [5, 5.41) is 10.1. The van der Waals surface area contributed by atoms with Crippen molar-refractivity contribution in [2.75, 3.05) is 51.7 Å². The molecule has 3 aliphatic rings. The molecule has 1 unspecified atom stereocenters. The van der Waals surface area contributed by atoms with Crippen LogP contribution in [0.5, 0.6) is 0 Å². The van der Waals surface area contributed by atoms with Gasteiger partial charge >= 0.3 is 6.18 Å². The molecular formula is C37H46F3N7O2. The van der Waals surface area contributed by atoms with Crippen LogP contribution in [0.4, 0.5) is 18.9 Å². The molecule has 1 atom stereocenters. The molecule has 2 aromatic carbocycles. The minimum atomic E-state index is -4.57. The van der Waals surface area contributed by atoms with Crippen LogP contribution in [0.15, 0.2) is 64.8 Å². The Balaban J connectivity index is 0.000000380. The molecule has 12 heteroatoms. The lowest BCUT2D eigenvalue weighted by molar-refractivity contribution is -0.138. The Kier molecular flexibility index (Phi) is 13.2. The fraction of sp³-hybridized carbons (Fsp3) is 0.459. The predicted molar refractivity (Wildman–Crippen MR) is 188 cm³/mol. The molecule has 0 spiro atoms. The van der Waals surface area contributed by atoms with Crippen LogP contribution in [0.2, 0.25) is 0 Å². The van der Waals surface area contributed by atoms with Crippen LogP contribution < -0.4 is 10.2 Å². The number of likely N-dealkylation sites (N-methyl/N-ethyl adjacent to an activating group) is 1. The SMILES string of the molecule is C#CCN(C)C/C=C/C(=O)NC1CCN(Cc2cc3c(c(C(F)(F)F)c2)CN(c2ccccc2)C3=O)C1.C=N/N=C\N(C)CC1CC(C)C1. The number of rotatable bonds is 12. The fourth-order valence-electron chi connectivity index (χ4n) is 6.59. The van der Waals surface area contributed by atoms with E-state index in [0.717, 1.165) is 24.4 Å². The van der Waals surface area contributed by atoms with E-state index in [0.29, 0.717) is 43.9 Å². The van der Waals surface area contributed by atoms with Gasteiger partial charge in [0.05, 0.1) is 18.7 Å². The van der Waals surface area contributed by atoms with E-state index in [2.05, 4.69) is 40.0 Å². The van der Waals surface area contributed by atoms with E-state index in [9.17, 15) is 22.8 Å². The van der Waals surface area contributed by atoms with Crippen LogP contribution >= 0.6 is 0 Å². The first-order valence-electron chi connectivity index (χ1n) is 16.5. The second-order valence-electron chi connectivity index (χ2n) is 13.2. The summed E-state index contributed by atoms with van der Waals surface area (Å²) in [6.45, 7) is 9.00. The number of nitrogens with one attached hydrogen (secondary N) is 1. The minimum absolute atomic E-state index is 0.0105. The number of para-hydroxylation sites is 1. The number of alkyl halides is 3. The van der Waals surface area contributed by atoms with Crippen molar-refractivity contribution >= 4 is 30.6 Å². The van der Waals surface area contributed by atoms with Gasteiger partial charge in [0, 0.05) is 69.9 Å². The van der Waals surface area contributed by atoms with E-state index in [4.69, 9.17) is 6.42 Å². The number of halogens is 3. The maximum Gasteiger partial charge on any atom is 0.416 e. The lowest BCUT2D eigenvalue weighted by Crippen LogP contribution is -2.36. The molecule has 2 aromatic rings. The highest BCUT2D eigenvalue weighted by Crippen LogP contribution is 2.40. The van der Waals surface area contributed by atoms with Crippen LogP contribution in [-0.4, -0.2) is 92.4 Å². The maximum absolute atomic E-state index is 14.0. The van der Waals surface area contributed by atoms with Crippen LogP contribution in [0, 0.1) is 24.2 Å². The van der Waals surface area contributed by atoms with E-state index in [1.807, 2.05) is 23.9 Å². The van der Waals surface area contributed by atoms with Gasteiger partial charge in [-0.05, 0) is 73.5 Å². The van der Waals surface area contributed by atoms with Crippen LogP contribution in [-0.2, 0) is 24.1 Å². The van der Waals surface area contributed by atoms with E-state index in [1.165, 1.54) is 23.8 Å². The van der Waals surface area contributed by atoms with Crippen molar-refractivity contribution in [3.05, 3.63) is 76.9 Å². The first-order chi connectivity index (χ1) is 23.4. The molecular weight excluding hydrogens is 631 g/mol. The Hall–Kier alpha value is -4.47.